The average Bonchev–Trinajstić information content (AvgIpc) is 2.77. The summed E-state index contributed by atoms with van der Waals surface area (Å²) in [5.41, 5.74) is 1.10. The van der Waals surface area contributed by atoms with E-state index in [1.54, 1.807) is 0 Å². The third-order valence-corrected chi connectivity index (χ3v) is 3.77. The van der Waals surface area contributed by atoms with Gasteiger partial charge in [0.1, 0.15) is 4.60 Å². The van der Waals surface area contributed by atoms with E-state index in [9.17, 15) is 0 Å². The Labute approximate surface area is 112 Å². The summed E-state index contributed by atoms with van der Waals surface area (Å²) in [6.07, 6.45) is 1.33. The average molecular weight is 298 g/mol. The molecule has 1 aromatic heterocycles. The first-order chi connectivity index (χ1) is 8.28. The van der Waals surface area contributed by atoms with Crippen molar-refractivity contribution in [3.05, 3.63) is 28.5 Å². The molecular weight excluding hydrogens is 278 g/mol. The van der Waals surface area contributed by atoms with Crippen molar-refractivity contribution in [2.45, 2.75) is 19.9 Å². The zero-order valence-electron chi connectivity index (χ0n) is 10.3. The van der Waals surface area contributed by atoms with Crippen molar-refractivity contribution in [3.63, 3.8) is 0 Å². The lowest BCUT2D eigenvalue weighted by molar-refractivity contribution is 0.338. The number of nitrogens with zero attached hydrogens (tertiary/aromatic N) is 2. The van der Waals surface area contributed by atoms with Gasteiger partial charge in [-0.15, -0.1) is 0 Å². The van der Waals surface area contributed by atoms with Crippen LogP contribution in [0.5, 0.6) is 0 Å². The SMILES string of the molecule is CCN1CCC(CNCc2cccc(Br)n2)C1. The smallest absolute Gasteiger partial charge is 0.106 e. The fourth-order valence-corrected chi connectivity index (χ4v) is 2.70. The molecule has 1 aliphatic heterocycles. The van der Waals surface area contributed by atoms with Crippen LogP contribution in [0.2, 0.25) is 0 Å². The molecular formula is C13H20BrN3. The van der Waals surface area contributed by atoms with E-state index in [2.05, 4.69) is 44.1 Å². The van der Waals surface area contributed by atoms with Crippen molar-refractivity contribution >= 4 is 15.9 Å². The highest BCUT2D eigenvalue weighted by Gasteiger charge is 2.20. The van der Waals surface area contributed by atoms with Gasteiger partial charge in [-0.1, -0.05) is 13.0 Å². The maximum Gasteiger partial charge on any atom is 0.106 e. The van der Waals surface area contributed by atoms with Crippen LogP contribution in [0.1, 0.15) is 19.0 Å². The predicted octanol–water partition coefficient (Wildman–Crippen LogP) is 2.28. The molecule has 17 heavy (non-hydrogen) atoms. The highest BCUT2D eigenvalue weighted by atomic mass is 79.9. The molecule has 2 heterocycles. The lowest BCUT2D eigenvalue weighted by Gasteiger charge is -2.13. The normalized spacial score (nSPS) is 20.9. The fourth-order valence-electron chi connectivity index (χ4n) is 2.32. The Morgan fingerprint density at radius 1 is 1.53 bits per heavy atom. The molecule has 0 bridgehead atoms. The third kappa shape index (κ3) is 4.05. The Morgan fingerprint density at radius 3 is 3.12 bits per heavy atom. The van der Waals surface area contributed by atoms with Crippen molar-refractivity contribution in [2.24, 2.45) is 5.92 Å². The minimum absolute atomic E-state index is 0.808. The van der Waals surface area contributed by atoms with Crippen LogP contribution in [0.15, 0.2) is 22.8 Å². The molecule has 0 radical (unpaired) electrons. The summed E-state index contributed by atoms with van der Waals surface area (Å²) < 4.78 is 0.912. The van der Waals surface area contributed by atoms with E-state index < -0.39 is 0 Å². The minimum atomic E-state index is 0.808. The summed E-state index contributed by atoms with van der Waals surface area (Å²) in [6, 6.07) is 6.05. The van der Waals surface area contributed by atoms with Crippen LogP contribution in [0.25, 0.3) is 0 Å². The highest BCUT2D eigenvalue weighted by molar-refractivity contribution is 9.10. The van der Waals surface area contributed by atoms with Crippen LogP contribution in [0, 0.1) is 5.92 Å². The Hall–Kier alpha value is -0.450. The lowest BCUT2D eigenvalue weighted by Crippen LogP contribution is -2.26. The van der Waals surface area contributed by atoms with Crippen molar-refractivity contribution in [3.8, 4) is 0 Å². The van der Waals surface area contributed by atoms with Crippen molar-refractivity contribution < 1.29 is 0 Å². The molecule has 0 aliphatic carbocycles. The number of aromatic nitrogens is 1. The molecule has 2 rings (SSSR count). The Balaban J connectivity index is 1.70. The summed E-state index contributed by atoms with van der Waals surface area (Å²) in [5.74, 6) is 0.808. The van der Waals surface area contributed by atoms with E-state index >= 15 is 0 Å². The fraction of sp³-hybridized carbons (Fsp3) is 0.615. The van der Waals surface area contributed by atoms with Gasteiger partial charge < -0.3 is 10.2 Å². The molecule has 94 valence electrons. The van der Waals surface area contributed by atoms with Crippen LogP contribution in [-0.2, 0) is 6.54 Å². The molecule has 1 aliphatic rings. The first-order valence-corrected chi connectivity index (χ1v) is 7.11. The Bertz CT molecular complexity index is 356. The maximum atomic E-state index is 4.41. The molecule has 0 amide bonds. The number of halogens is 1. The van der Waals surface area contributed by atoms with Gasteiger partial charge in [-0.2, -0.15) is 0 Å². The number of pyridine rings is 1. The Morgan fingerprint density at radius 2 is 2.41 bits per heavy atom. The van der Waals surface area contributed by atoms with E-state index in [1.165, 1.54) is 26.1 Å². The van der Waals surface area contributed by atoms with Crippen LogP contribution in [0.3, 0.4) is 0 Å². The highest BCUT2D eigenvalue weighted by Crippen LogP contribution is 2.14. The molecule has 0 spiro atoms. The summed E-state index contributed by atoms with van der Waals surface area (Å²) in [4.78, 5) is 6.93. The summed E-state index contributed by atoms with van der Waals surface area (Å²) in [7, 11) is 0. The van der Waals surface area contributed by atoms with E-state index in [0.717, 1.165) is 29.3 Å². The van der Waals surface area contributed by atoms with Crippen LogP contribution in [-0.4, -0.2) is 36.1 Å². The second-order valence-electron chi connectivity index (χ2n) is 4.63. The van der Waals surface area contributed by atoms with Crippen LogP contribution >= 0.6 is 15.9 Å². The molecule has 1 aromatic rings. The molecule has 1 saturated heterocycles. The molecule has 1 atom stereocenters. The van der Waals surface area contributed by atoms with Gasteiger partial charge in [0.25, 0.3) is 0 Å². The number of hydrogen-bond acceptors (Lipinski definition) is 3. The number of likely N-dealkylation sites (tertiary alicyclic amines) is 1. The van der Waals surface area contributed by atoms with E-state index in [0.29, 0.717) is 0 Å². The Kier molecular flexibility index (Phi) is 4.95. The van der Waals surface area contributed by atoms with Crippen molar-refractivity contribution in [2.75, 3.05) is 26.2 Å². The van der Waals surface area contributed by atoms with Gasteiger partial charge >= 0.3 is 0 Å². The summed E-state index contributed by atoms with van der Waals surface area (Å²) in [5, 5.41) is 3.51. The molecule has 0 aromatic carbocycles. The van der Waals surface area contributed by atoms with Gasteiger partial charge in [-0.3, -0.25) is 0 Å². The second kappa shape index (κ2) is 6.47. The van der Waals surface area contributed by atoms with Crippen molar-refractivity contribution in [1.29, 1.82) is 0 Å². The zero-order valence-corrected chi connectivity index (χ0v) is 11.9. The first kappa shape index (κ1) is 13.0. The van der Waals surface area contributed by atoms with Crippen LogP contribution in [0.4, 0.5) is 0 Å². The summed E-state index contributed by atoms with van der Waals surface area (Å²) in [6.45, 7) is 7.89. The van der Waals surface area contributed by atoms with Crippen LogP contribution < -0.4 is 5.32 Å². The quantitative estimate of drug-likeness (QED) is 0.845. The predicted molar refractivity (Wildman–Crippen MR) is 73.9 cm³/mol. The monoisotopic (exact) mass is 297 g/mol. The van der Waals surface area contributed by atoms with Crippen molar-refractivity contribution in [1.82, 2.24) is 15.2 Å². The molecule has 0 saturated carbocycles. The van der Waals surface area contributed by atoms with E-state index in [1.807, 2.05) is 12.1 Å². The number of rotatable bonds is 5. The standard InChI is InChI=1S/C13H20BrN3/c1-2-17-7-6-11(10-17)8-15-9-12-4-3-5-13(14)16-12/h3-5,11,15H,2,6-10H2,1H3. The molecule has 1 N–H and O–H groups in total. The molecule has 3 nitrogen and oxygen atoms in total. The maximum absolute atomic E-state index is 4.41. The van der Waals surface area contributed by atoms with Gasteiger partial charge in [0, 0.05) is 13.1 Å². The second-order valence-corrected chi connectivity index (χ2v) is 5.44. The first-order valence-electron chi connectivity index (χ1n) is 6.32. The molecule has 4 heteroatoms. The number of hydrogen-bond donors (Lipinski definition) is 1. The zero-order chi connectivity index (χ0) is 12.1. The third-order valence-electron chi connectivity index (χ3n) is 3.33. The number of nitrogens with one attached hydrogen (secondary N) is 1. The van der Waals surface area contributed by atoms with E-state index in [-0.39, 0.29) is 0 Å². The van der Waals surface area contributed by atoms with Gasteiger partial charge in [0.05, 0.1) is 5.69 Å². The molecule has 1 fully saturated rings. The van der Waals surface area contributed by atoms with Gasteiger partial charge in [0.15, 0.2) is 0 Å². The van der Waals surface area contributed by atoms with Gasteiger partial charge in [-0.05, 0) is 60.0 Å². The topological polar surface area (TPSA) is 28.2 Å². The molecule has 1 unspecified atom stereocenters. The minimum Gasteiger partial charge on any atom is -0.311 e. The van der Waals surface area contributed by atoms with Gasteiger partial charge in [-0.25, -0.2) is 4.98 Å². The van der Waals surface area contributed by atoms with E-state index in [4.69, 9.17) is 0 Å². The largest absolute Gasteiger partial charge is 0.311 e. The summed E-state index contributed by atoms with van der Waals surface area (Å²) >= 11 is 3.39. The lowest BCUT2D eigenvalue weighted by atomic mass is 10.1. The van der Waals surface area contributed by atoms with Gasteiger partial charge in [0.2, 0.25) is 0 Å².